The molecule has 7 nitrogen and oxygen atoms in total. The summed E-state index contributed by atoms with van der Waals surface area (Å²) in [6.07, 6.45) is -0.277. The Hall–Kier alpha value is -2.64. The minimum absolute atomic E-state index is 0.00626. The Morgan fingerprint density at radius 2 is 1.68 bits per heavy atom. The Labute approximate surface area is 145 Å². The minimum atomic E-state index is -2.07. The van der Waals surface area contributed by atoms with Gasteiger partial charge in [0.15, 0.2) is 11.6 Å². The molecule has 0 atom stereocenters. The Balaban J connectivity index is 3.38. The van der Waals surface area contributed by atoms with Crippen molar-refractivity contribution in [2.75, 3.05) is 20.3 Å². The minimum Gasteiger partial charge on any atom is -0.494 e. The van der Waals surface area contributed by atoms with E-state index in [0.717, 1.165) is 6.07 Å². The molecule has 0 spiro atoms. The molecular formula is C17H22FNO6. The second-order valence-electron chi connectivity index (χ2n) is 5.17. The maximum atomic E-state index is 13.6. The summed E-state index contributed by atoms with van der Waals surface area (Å²) < 4.78 is 28.4. The molecule has 8 heteroatoms. The van der Waals surface area contributed by atoms with Crippen LogP contribution in [0.15, 0.2) is 18.2 Å². The maximum absolute atomic E-state index is 13.6. The van der Waals surface area contributed by atoms with Crippen LogP contribution in [0, 0.1) is 5.82 Å². The van der Waals surface area contributed by atoms with Gasteiger partial charge in [0.1, 0.15) is 0 Å². The number of hydrogen-bond donors (Lipinski definition) is 1. The van der Waals surface area contributed by atoms with Crippen molar-refractivity contribution in [2.45, 2.75) is 32.7 Å². The van der Waals surface area contributed by atoms with E-state index in [4.69, 9.17) is 14.2 Å². The van der Waals surface area contributed by atoms with E-state index in [1.165, 1.54) is 26.2 Å². The smallest absolute Gasteiger partial charge is 0.344 e. The summed E-state index contributed by atoms with van der Waals surface area (Å²) in [6.45, 7) is 4.32. The van der Waals surface area contributed by atoms with E-state index in [-0.39, 0.29) is 25.4 Å². The second-order valence-corrected chi connectivity index (χ2v) is 5.17. The van der Waals surface area contributed by atoms with Crippen LogP contribution in [-0.4, -0.2) is 43.7 Å². The highest BCUT2D eigenvalue weighted by Crippen LogP contribution is 2.24. The summed E-state index contributed by atoms with van der Waals surface area (Å²) >= 11 is 0. The molecule has 138 valence electrons. The molecule has 1 N–H and O–H groups in total. The Morgan fingerprint density at radius 3 is 2.12 bits per heavy atom. The Kier molecular flexibility index (Phi) is 7.35. The number of methoxy groups -OCH3 is 1. The first-order valence-electron chi connectivity index (χ1n) is 7.76. The van der Waals surface area contributed by atoms with Crippen molar-refractivity contribution < 1.29 is 33.0 Å². The van der Waals surface area contributed by atoms with Gasteiger partial charge in [-0.25, -0.2) is 14.0 Å². The van der Waals surface area contributed by atoms with Crippen molar-refractivity contribution in [3.63, 3.8) is 0 Å². The molecule has 25 heavy (non-hydrogen) atoms. The zero-order chi connectivity index (χ0) is 19.0. The summed E-state index contributed by atoms with van der Waals surface area (Å²) in [7, 11) is 1.29. The van der Waals surface area contributed by atoms with E-state index >= 15 is 0 Å². The maximum Gasteiger partial charge on any atom is 0.344 e. The third-order valence-corrected chi connectivity index (χ3v) is 3.32. The lowest BCUT2D eigenvalue weighted by atomic mass is 9.90. The number of rotatable bonds is 8. The van der Waals surface area contributed by atoms with E-state index < -0.39 is 29.2 Å². The molecule has 0 aliphatic heterocycles. The molecule has 0 radical (unpaired) electrons. The SMILES string of the molecule is CCOC(=O)C(Cc1ccc(F)c(OC)c1)(NC(C)=O)C(=O)OCC. The molecule has 1 amide bonds. The van der Waals surface area contributed by atoms with Crippen molar-refractivity contribution >= 4 is 17.8 Å². The van der Waals surface area contributed by atoms with E-state index in [0.29, 0.717) is 5.56 Å². The predicted molar refractivity (Wildman–Crippen MR) is 86.5 cm³/mol. The van der Waals surface area contributed by atoms with Gasteiger partial charge in [-0.1, -0.05) is 6.07 Å². The number of esters is 2. The first kappa shape index (κ1) is 20.4. The fourth-order valence-corrected chi connectivity index (χ4v) is 2.30. The highest BCUT2D eigenvalue weighted by atomic mass is 19.1. The first-order valence-corrected chi connectivity index (χ1v) is 7.76. The Bertz CT molecular complexity index is 628. The van der Waals surface area contributed by atoms with Gasteiger partial charge in [0, 0.05) is 13.3 Å². The average molecular weight is 355 g/mol. The monoisotopic (exact) mass is 355 g/mol. The van der Waals surface area contributed by atoms with Crippen molar-refractivity contribution in [3.05, 3.63) is 29.6 Å². The molecule has 0 fully saturated rings. The third kappa shape index (κ3) is 4.91. The van der Waals surface area contributed by atoms with Crippen LogP contribution in [0.2, 0.25) is 0 Å². The van der Waals surface area contributed by atoms with Gasteiger partial charge < -0.3 is 19.5 Å². The number of carbonyl (C=O) groups is 3. The van der Waals surface area contributed by atoms with Crippen LogP contribution in [0.4, 0.5) is 4.39 Å². The lowest BCUT2D eigenvalue weighted by Gasteiger charge is -2.29. The van der Waals surface area contributed by atoms with E-state index in [1.54, 1.807) is 13.8 Å². The average Bonchev–Trinajstić information content (AvgIpc) is 2.55. The molecular weight excluding hydrogens is 333 g/mol. The number of carbonyl (C=O) groups excluding carboxylic acids is 3. The number of halogens is 1. The van der Waals surface area contributed by atoms with Gasteiger partial charge in [0.2, 0.25) is 11.4 Å². The molecule has 1 rings (SSSR count). The van der Waals surface area contributed by atoms with Crippen molar-refractivity contribution in [2.24, 2.45) is 0 Å². The van der Waals surface area contributed by atoms with Gasteiger partial charge in [-0.3, -0.25) is 4.79 Å². The molecule has 0 unspecified atom stereocenters. The zero-order valence-electron chi connectivity index (χ0n) is 14.7. The molecule has 0 aromatic heterocycles. The molecule has 0 aliphatic carbocycles. The summed E-state index contributed by atoms with van der Waals surface area (Å²) in [6, 6.07) is 3.86. The van der Waals surface area contributed by atoms with Crippen LogP contribution < -0.4 is 10.1 Å². The zero-order valence-corrected chi connectivity index (χ0v) is 14.7. The molecule has 0 saturated carbocycles. The molecule has 0 aliphatic rings. The van der Waals surface area contributed by atoms with Crippen LogP contribution in [0.25, 0.3) is 0 Å². The molecule has 1 aromatic carbocycles. The first-order chi connectivity index (χ1) is 11.8. The second kappa shape index (κ2) is 9.00. The van der Waals surface area contributed by atoms with E-state index in [9.17, 15) is 18.8 Å². The molecule has 0 saturated heterocycles. The third-order valence-electron chi connectivity index (χ3n) is 3.32. The van der Waals surface area contributed by atoms with Gasteiger partial charge in [0.25, 0.3) is 0 Å². The van der Waals surface area contributed by atoms with Gasteiger partial charge in [-0.2, -0.15) is 0 Å². The van der Waals surface area contributed by atoms with Crippen LogP contribution in [0.3, 0.4) is 0 Å². The number of benzene rings is 1. The molecule has 0 heterocycles. The van der Waals surface area contributed by atoms with Crippen LogP contribution in [-0.2, 0) is 30.3 Å². The van der Waals surface area contributed by atoms with Gasteiger partial charge in [0.05, 0.1) is 20.3 Å². The lowest BCUT2D eigenvalue weighted by molar-refractivity contribution is -0.168. The van der Waals surface area contributed by atoms with Crippen molar-refractivity contribution in [1.29, 1.82) is 0 Å². The Morgan fingerprint density at radius 1 is 1.12 bits per heavy atom. The fraction of sp³-hybridized carbons (Fsp3) is 0.471. The molecule has 0 bridgehead atoms. The van der Waals surface area contributed by atoms with Gasteiger partial charge in [-0.05, 0) is 31.5 Å². The van der Waals surface area contributed by atoms with E-state index in [1.807, 2.05) is 0 Å². The molecule has 1 aromatic rings. The standard InChI is InChI=1S/C17H22FNO6/c1-5-24-15(21)17(19-11(3)20,16(22)25-6-2)10-12-7-8-13(18)14(9-12)23-4/h7-9H,5-6,10H2,1-4H3,(H,19,20). The van der Waals surface area contributed by atoms with Crippen LogP contribution >= 0.6 is 0 Å². The van der Waals surface area contributed by atoms with Gasteiger partial charge in [-0.15, -0.1) is 0 Å². The normalized spacial score (nSPS) is 10.8. The highest BCUT2D eigenvalue weighted by Gasteiger charge is 2.50. The number of ether oxygens (including phenoxy) is 3. The fourth-order valence-electron chi connectivity index (χ4n) is 2.30. The summed E-state index contributed by atoms with van der Waals surface area (Å²) in [5, 5.41) is 2.34. The van der Waals surface area contributed by atoms with Crippen molar-refractivity contribution in [3.8, 4) is 5.75 Å². The highest BCUT2D eigenvalue weighted by molar-refractivity contribution is 6.08. The van der Waals surface area contributed by atoms with Gasteiger partial charge >= 0.3 is 11.9 Å². The summed E-state index contributed by atoms with van der Waals surface area (Å²) in [5.74, 6) is -3.17. The topological polar surface area (TPSA) is 90.9 Å². The van der Waals surface area contributed by atoms with Crippen molar-refractivity contribution in [1.82, 2.24) is 5.32 Å². The number of amides is 1. The lowest BCUT2D eigenvalue weighted by Crippen LogP contribution is -2.62. The number of nitrogens with one attached hydrogen (secondary N) is 1. The predicted octanol–water partition coefficient (Wildman–Crippen LogP) is 1.38. The summed E-state index contributed by atoms with van der Waals surface area (Å²) in [4.78, 5) is 36.6. The summed E-state index contributed by atoms with van der Waals surface area (Å²) in [5.41, 5.74) is -1.69. The number of hydrogen-bond acceptors (Lipinski definition) is 6. The largest absolute Gasteiger partial charge is 0.494 e. The van der Waals surface area contributed by atoms with Crippen LogP contribution in [0.1, 0.15) is 26.3 Å². The van der Waals surface area contributed by atoms with Crippen LogP contribution in [0.5, 0.6) is 5.75 Å². The van der Waals surface area contributed by atoms with E-state index in [2.05, 4.69) is 5.32 Å². The quantitative estimate of drug-likeness (QED) is 0.560.